The number of Topliss-reactive ketones (excluding diaryl/α,β-unsaturated/α-hetero) is 1. The number of nitrogens with zero attached hydrogens (tertiary/aromatic N) is 5. The summed E-state index contributed by atoms with van der Waals surface area (Å²) in [5, 5.41) is 30.9. The molecule has 14 nitrogen and oxygen atoms in total. The molecule has 0 spiro atoms. The van der Waals surface area contributed by atoms with E-state index in [1.165, 1.54) is 11.8 Å². The van der Waals surface area contributed by atoms with Crippen molar-refractivity contribution in [3.8, 4) is 20.9 Å². The van der Waals surface area contributed by atoms with Crippen molar-refractivity contribution < 1.29 is 33.9 Å². The summed E-state index contributed by atoms with van der Waals surface area (Å²) in [4.78, 5) is 66.3. The van der Waals surface area contributed by atoms with E-state index in [4.69, 9.17) is 4.52 Å². The van der Waals surface area contributed by atoms with E-state index in [9.17, 15) is 29.4 Å². The quantitative estimate of drug-likeness (QED) is 0.0781. The zero-order chi connectivity index (χ0) is 50.5. The predicted octanol–water partition coefficient (Wildman–Crippen LogP) is 9.95. The second kappa shape index (κ2) is 24.7. The summed E-state index contributed by atoms with van der Waals surface area (Å²) < 4.78 is 5.41. The highest BCUT2D eigenvalue weighted by atomic mass is 32.1. The number of rotatable bonds is 15. The van der Waals surface area contributed by atoms with Gasteiger partial charge in [-0.1, -0.05) is 117 Å². The number of likely N-dealkylation sites (tertiary alicyclic amines) is 2. The van der Waals surface area contributed by atoms with Gasteiger partial charge in [-0.15, -0.1) is 22.7 Å². The number of nitrogens with one attached hydrogen (secondary N) is 2. The average molecular weight is 1010 g/mol. The Morgan fingerprint density at radius 1 is 0.775 bits per heavy atom. The Morgan fingerprint density at radius 3 is 1.70 bits per heavy atom. The van der Waals surface area contributed by atoms with Crippen LogP contribution in [-0.2, 0) is 19.2 Å². The smallest absolute Gasteiger partial charge is 0.246 e. The van der Waals surface area contributed by atoms with Gasteiger partial charge in [0, 0.05) is 57.1 Å². The number of β-amino-alcohol motifs (C(OH)–C–C–N with tert-alkyl or cyclic N) is 2. The normalized spacial score (nSPS) is 19.4. The van der Waals surface area contributed by atoms with Crippen LogP contribution in [0.1, 0.15) is 141 Å². The fourth-order valence-corrected chi connectivity index (χ4v) is 10.9. The highest BCUT2D eigenvalue weighted by molar-refractivity contribution is 7.13. The first-order valence-corrected chi connectivity index (χ1v) is 25.5. The van der Waals surface area contributed by atoms with Gasteiger partial charge in [0.05, 0.1) is 62.1 Å². The summed E-state index contributed by atoms with van der Waals surface area (Å²) in [5.41, 5.74) is 11.1. The number of aliphatic hydroxyl groups excluding tert-OH is 2. The summed E-state index contributed by atoms with van der Waals surface area (Å²) in [6.07, 6.45) is -0.378. The van der Waals surface area contributed by atoms with Crippen LogP contribution in [0.15, 0.2) is 82.4 Å². The van der Waals surface area contributed by atoms with E-state index in [2.05, 4.69) is 80.9 Å². The number of hydrogen-bond acceptors (Lipinski definition) is 13. The number of carbonyl (C=O) groups excluding carboxylic acids is 4. The Labute approximate surface area is 429 Å². The lowest BCUT2D eigenvalue weighted by Crippen LogP contribution is -2.56. The van der Waals surface area contributed by atoms with Crippen LogP contribution >= 0.6 is 22.7 Å². The molecule has 0 saturated carbocycles. The van der Waals surface area contributed by atoms with Crippen LogP contribution in [0.25, 0.3) is 20.9 Å². The summed E-state index contributed by atoms with van der Waals surface area (Å²) in [6.45, 7) is 25.5. The largest absolute Gasteiger partial charge is 0.391 e. The first-order chi connectivity index (χ1) is 32.5. The van der Waals surface area contributed by atoms with Gasteiger partial charge in [-0.05, 0) is 67.2 Å². The van der Waals surface area contributed by atoms with Crippen LogP contribution in [0.2, 0.25) is 0 Å². The van der Waals surface area contributed by atoms with E-state index in [0.29, 0.717) is 30.0 Å². The third-order valence-corrected chi connectivity index (χ3v) is 15.0. The minimum absolute atomic E-state index is 0. The zero-order valence-electron chi connectivity index (χ0n) is 41.8. The molecule has 0 radical (unpaired) electrons. The molecule has 71 heavy (non-hydrogen) atoms. The van der Waals surface area contributed by atoms with Gasteiger partial charge in [0.15, 0.2) is 5.78 Å². The summed E-state index contributed by atoms with van der Waals surface area (Å²) >= 11 is 3.24. The molecule has 5 heterocycles. The van der Waals surface area contributed by atoms with Crippen molar-refractivity contribution in [2.75, 3.05) is 13.1 Å². The molecular formula is C55H77N7O7S2. The molecule has 0 aliphatic carbocycles. The molecule has 3 amide bonds. The minimum Gasteiger partial charge on any atom is -0.391 e. The molecule has 4 N–H and O–H groups in total. The van der Waals surface area contributed by atoms with Crippen LogP contribution in [0, 0.1) is 32.1 Å². The number of carbonyl (C=O) groups is 4. The number of hydrogen-bond donors (Lipinski definition) is 4. The number of aryl methyl sites for hydroxylation is 3. The van der Waals surface area contributed by atoms with Crippen molar-refractivity contribution in [3.63, 3.8) is 0 Å². The third-order valence-electron chi connectivity index (χ3n) is 13.1. The predicted molar refractivity (Wildman–Crippen MR) is 285 cm³/mol. The van der Waals surface area contributed by atoms with Gasteiger partial charge in [0.25, 0.3) is 0 Å². The second-order valence-corrected chi connectivity index (χ2v) is 21.8. The first-order valence-electron chi connectivity index (χ1n) is 23.7. The SMILES string of the molecule is C.C.C=C(N[C@@H](C)c1ccc(-c2scnc2C)cc1)[C@@H]1C[C@@H](O)CN1C(=O)[C@@H](NC(C)=O)C(C)(C)C.Cc1cc(C(C(=O)N2C[C@H](O)C[C@H]2C(=O)C[C@@H](C)c2ccc(-c3scnc3C)cc2)C(C)C)on1. The molecule has 386 valence electrons. The summed E-state index contributed by atoms with van der Waals surface area (Å²) in [7, 11) is 0. The number of amides is 3. The zero-order valence-corrected chi connectivity index (χ0v) is 43.4. The van der Waals surface area contributed by atoms with E-state index in [0.717, 1.165) is 38.5 Å². The van der Waals surface area contributed by atoms with Crippen molar-refractivity contribution in [2.45, 2.75) is 158 Å². The maximum atomic E-state index is 13.6. The van der Waals surface area contributed by atoms with Crippen molar-refractivity contribution in [2.24, 2.45) is 11.3 Å². The average Bonchev–Trinajstić information content (AvgIpc) is 4.15. The molecule has 2 saturated heterocycles. The molecule has 2 fully saturated rings. The first kappa shape index (κ1) is 58.0. The Bertz CT molecular complexity index is 2580. The van der Waals surface area contributed by atoms with Crippen molar-refractivity contribution >= 4 is 46.2 Å². The molecule has 3 aromatic heterocycles. The fraction of sp³-hybridized carbons (Fsp3) is 0.509. The summed E-state index contributed by atoms with van der Waals surface area (Å²) in [6, 6.07) is 16.6. The standard InChI is InChI=1S/C27H33N3O4S.C26H36N4O3S.2CH4/c1-15(2)25(24-11-17(4)29-34-24)27(33)30-13-21(31)12-22(30)23(32)10-16(3)19-6-8-20(9-7-19)26-18(5)28-14-35-26;1-15(19-8-10-20(11-9-19)23-17(3)27-14-34-23)28-16(2)22-12-21(32)13-30(22)25(33)24(26(5,6)7)29-18(4)31;;/h6-9,11,14-16,21-22,25,31H,10,12-13H2,1-5H3;8-11,14-15,21-22,24,28,32H,2,12-13H2,1,3-7H3,(H,29,31);2*1H4/t16-,21-,22+,25?;15-,21+,22-,24+;;/m10../s1. The maximum Gasteiger partial charge on any atom is 0.246 e. The van der Waals surface area contributed by atoms with Crippen molar-refractivity contribution in [3.05, 3.63) is 112 Å². The van der Waals surface area contributed by atoms with Crippen molar-refractivity contribution in [1.29, 1.82) is 0 Å². The number of ketones is 1. The highest BCUT2D eigenvalue weighted by Gasteiger charge is 2.44. The Morgan fingerprint density at radius 2 is 1.27 bits per heavy atom. The molecule has 16 heteroatoms. The Kier molecular flexibility index (Phi) is 20.2. The highest BCUT2D eigenvalue weighted by Crippen LogP contribution is 2.35. The Balaban J connectivity index is 0.000000300. The lowest BCUT2D eigenvalue weighted by atomic mass is 9.85. The van der Waals surface area contributed by atoms with Crippen LogP contribution in [0.4, 0.5) is 0 Å². The minimum atomic E-state index is -0.714. The van der Waals surface area contributed by atoms with E-state index < -0.39 is 35.6 Å². The molecular weight excluding hydrogens is 935 g/mol. The third kappa shape index (κ3) is 14.1. The molecule has 2 aliphatic heterocycles. The number of aliphatic hydroxyl groups is 2. The van der Waals surface area contributed by atoms with Gasteiger partial charge in [-0.25, -0.2) is 9.97 Å². The molecule has 7 rings (SSSR count). The number of aromatic nitrogens is 3. The van der Waals surface area contributed by atoms with E-state index >= 15 is 0 Å². The van der Waals surface area contributed by atoms with Crippen molar-refractivity contribution in [1.82, 2.24) is 35.6 Å². The molecule has 0 bridgehead atoms. The van der Waals surface area contributed by atoms with Gasteiger partial charge >= 0.3 is 0 Å². The van der Waals surface area contributed by atoms with Gasteiger partial charge in [0.2, 0.25) is 17.7 Å². The number of benzene rings is 2. The molecule has 2 aliphatic rings. The maximum absolute atomic E-state index is 13.6. The number of thiazole rings is 2. The lowest BCUT2D eigenvalue weighted by molar-refractivity contribution is -0.140. The molecule has 2 aromatic carbocycles. The van der Waals surface area contributed by atoms with E-state index in [1.54, 1.807) is 38.5 Å². The van der Waals surface area contributed by atoms with Gasteiger partial charge in [-0.2, -0.15) is 0 Å². The molecule has 5 aromatic rings. The van der Waals surface area contributed by atoms with Crippen LogP contribution < -0.4 is 10.6 Å². The van der Waals surface area contributed by atoms with Crippen LogP contribution in [0.3, 0.4) is 0 Å². The van der Waals surface area contributed by atoms with Crippen LogP contribution in [0.5, 0.6) is 0 Å². The Hall–Kier alpha value is -5.55. The second-order valence-electron chi connectivity index (χ2n) is 20.1. The van der Waals surface area contributed by atoms with Gasteiger partial charge in [0.1, 0.15) is 17.7 Å². The fourth-order valence-electron chi connectivity index (χ4n) is 9.27. The monoisotopic (exact) mass is 1010 g/mol. The van der Waals surface area contributed by atoms with Gasteiger partial charge < -0.3 is 35.2 Å². The summed E-state index contributed by atoms with van der Waals surface area (Å²) in [5.74, 6) is -0.772. The van der Waals surface area contributed by atoms with Gasteiger partial charge in [-0.3, -0.25) is 19.2 Å². The lowest BCUT2D eigenvalue weighted by Gasteiger charge is -2.36. The molecule has 8 atom stereocenters. The van der Waals surface area contributed by atoms with Crippen LogP contribution in [-0.4, -0.2) is 102 Å². The molecule has 1 unspecified atom stereocenters. The van der Waals surface area contributed by atoms with E-state index in [1.807, 2.05) is 80.3 Å². The topological polar surface area (TPSA) is 191 Å². The van der Waals surface area contributed by atoms with E-state index in [-0.39, 0.29) is 81.8 Å².